The number of carbonyl (C=O) groups excluding carboxylic acids is 1. The maximum atomic E-state index is 15.2. The standard InChI is InChI=1S/C35H34F6O4/c1-3-44-28-17-16-27(33(40)34(28)41)26-15-14-25(31(38)32(26)39)19-4-6-21(7-5-19)35(43)45-22-10-8-20(9-11-22)24-13-12-23(18(2)42)29(36)30(24)37/h8,12-19,21-22,42H,3-7,9-11H2,1-2H3. The molecule has 240 valence electrons. The van der Waals surface area contributed by atoms with E-state index in [4.69, 9.17) is 9.47 Å². The molecule has 4 nitrogen and oxygen atoms in total. The van der Waals surface area contributed by atoms with E-state index in [0.29, 0.717) is 50.5 Å². The average Bonchev–Trinajstić information content (AvgIpc) is 3.03. The number of benzene rings is 3. The largest absolute Gasteiger partial charge is 0.491 e. The summed E-state index contributed by atoms with van der Waals surface area (Å²) in [6.07, 6.45) is 2.94. The predicted molar refractivity (Wildman–Crippen MR) is 156 cm³/mol. The molecule has 3 aromatic carbocycles. The molecule has 2 atom stereocenters. The van der Waals surface area contributed by atoms with Crippen LogP contribution in [0, 0.1) is 40.8 Å². The highest BCUT2D eigenvalue weighted by atomic mass is 19.2. The second kappa shape index (κ2) is 13.7. The Hall–Kier alpha value is -3.79. The SMILES string of the molecule is CCOc1ccc(-c2ccc(C3CCC(C(=O)OC4CC=C(c5ccc(C(C)O)c(F)c5F)CC4)CC3)c(F)c2F)c(F)c1F. The molecule has 0 bridgehead atoms. The van der Waals surface area contributed by atoms with Crippen LogP contribution in [0.4, 0.5) is 26.3 Å². The third-order valence-electron chi connectivity index (χ3n) is 8.80. The van der Waals surface area contributed by atoms with Crippen molar-refractivity contribution in [2.45, 2.75) is 76.9 Å². The van der Waals surface area contributed by atoms with E-state index in [1.54, 1.807) is 13.0 Å². The van der Waals surface area contributed by atoms with E-state index in [1.807, 2.05) is 0 Å². The van der Waals surface area contributed by atoms with E-state index >= 15 is 8.78 Å². The number of carbonyl (C=O) groups is 1. The zero-order chi connectivity index (χ0) is 32.4. The summed E-state index contributed by atoms with van der Waals surface area (Å²) < 4.78 is 99.1. The molecule has 0 saturated heterocycles. The topological polar surface area (TPSA) is 55.8 Å². The molecule has 10 heteroatoms. The quantitative estimate of drug-likeness (QED) is 0.199. The van der Waals surface area contributed by atoms with Gasteiger partial charge in [0.05, 0.1) is 18.6 Å². The van der Waals surface area contributed by atoms with Crippen molar-refractivity contribution >= 4 is 11.5 Å². The first-order chi connectivity index (χ1) is 21.5. The maximum Gasteiger partial charge on any atom is 0.309 e. The number of rotatable bonds is 8. The van der Waals surface area contributed by atoms with Crippen LogP contribution in [0.1, 0.15) is 87.5 Å². The van der Waals surface area contributed by atoms with Gasteiger partial charge in [-0.15, -0.1) is 0 Å². The number of allylic oxidation sites excluding steroid dienone is 1. The Balaban J connectivity index is 1.18. The smallest absolute Gasteiger partial charge is 0.309 e. The van der Waals surface area contributed by atoms with Crippen molar-refractivity contribution in [3.63, 3.8) is 0 Å². The lowest BCUT2D eigenvalue weighted by molar-refractivity contribution is -0.155. The van der Waals surface area contributed by atoms with Gasteiger partial charge in [0.15, 0.2) is 34.8 Å². The molecule has 0 heterocycles. The number of aliphatic hydroxyl groups excluding tert-OH is 1. The molecular formula is C35H34F6O4. The summed E-state index contributed by atoms with van der Waals surface area (Å²) in [5.74, 6) is -8.60. The lowest BCUT2D eigenvalue weighted by Crippen LogP contribution is -2.28. The van der Waals surface area contributed by atoms with Crippen LogP contribution in [0.25, 0.3) is 16.7 Å². The van der Waals surface area contributed by atoms with Crippen molar-refractivity contribution in [3.05, 3.63) is 94.1 Å². The fraction of sp³-hybridized carbons (Fsp3) is 0.400. The molecule has 0 aromatic heterocycles. The van der Waals surface area contributed by atoms with E-state index < -0.39 is 64.2 Å². The van der Waals surface area contributed by atoms with Gasteiger partial charge in [-0.05, 0) is 81.6 Å². The minimum atomic E-state index is -1.33. The van der Waals surface area contributed by atoms with Crippen LogP contribution in [-0.2, 0) is 9.53 Å². The molecule has 1 fully saturated rings. The number of hydrogen-bond donors (Lipinski definition) is 1. The molecule has 0 aliphatic heterocycles. The van der Waals surface area contributed by atoms with Gasteiger partial charge in [-0.25, -0.2) is 22.0 Å². The van der Waals surface area contributed by atoms with Crippen LogP contribution in [0.15, 0.2) is 42.5 Å². The van der Waals surface area contributed by atoms with Crippen LogP contribution in [0.2, 0.25) is 0 Å². The van der Waals surface area contributed by atoms with E-state index in [1.165, 1.54) is 37.3 Å². The molecule has 0 radical (unpaired) electrons. The Bertz CT molecular complexity index is 1610. The van der Waals surface area contributed by atoms with E-state index in [2.05, 4.69) is 0 Å². The van der Waals surface area contributed by atoms with Gasteiger partial charge < -0.3 is 14.6 Å². The highest BCUT2D eigenvalue weighted by molar-refractivity contribution is 5.73. The van der Waals surface area contributed by atoms with Crippen molar-refractivity contribution in [2.24, 2.45) is 5.92 Å². The van der Waals surface area contributed by atoms with Gasteiger partial charge >= 0.3 is 5.97 Å². The van der Waals surface area contributed by atoms with Crippen molar-refractivity contribution < 1.29 is 45.7 Å². The lowest BCUT2D eigenvalue weighted by atomic mass is 9.78. The minimum Gasteiger partial charge on any atom is -0.491 e. The summed E-state index contributed by atoms with van der Waals surface area (Å²) in [5.41, 5.74) is -0.0931. The third-order valence-corrected chi connectivity index (χ3v) is 8.80. The summed E-state index contributed by atoms with van der Waals surface area (Å²) in [6.45, 7) is 3.08. The van der Waals surface area contributed by atoms with Gasteiger partial charge in [0, 0.05) is 28.7 Å². The Morgan fingerprint density at radius 3 is 2.04 bits per heavy atom. The second-order valence-corrected chi connectivity index (χ2v) is 11.6. The Morgan fingerprint density at radius 1 is 0.800 bits per heavy atom. The average molecular weight is 633 g/mol. The van der Waals surface area contributed by atoms with E-state index in [9.17, 15) is 27.5 Å². The van der Waals surface area contributed by atoms with Crippen molar-refractivity contribution in [1.29, 1.82) is 0 Å². The number of ether oxygens (including phenoxy) is 2. The van der Waals surface area contributed by atoms with Gasteiger partial charge in [-0.3, -0.25) is 4.79 Å². The number of halogens is 6. The summed E-state index contributed by atoms with van der Waals surface area (Å²) in [7, 11) is 0. The lowest BCUT2D eigenvalue weighted by Gasteiger charge is -2.30. The molecule has 1 N–H and O–H groups in total. The Kier molecular flexibility index (Phi) is 9.91. The third kappa shape index (κ3) is 6.61. The Morgan fingerprint density at radius 2 is 1.42 bits per heavy atom. The van der Waals surface area contributed by atoms with Crippen molar-refractivity contribution in [2.75, 3.05) is 6.61 Å². The summed E-state index contributed by atoms with van der Waals surface area (Å²) in [4.78, 5) is 12.9. The maximum absolute atomic E-state index is 15.2. The molecule has 2 aliphatic rings. The molecule has 1 saturated carbocycles. The van der Waals surface area contributed by atoms with E-state index in [-0.39, 0.29) is 40.9 Å². The zero-order valence-electron chi connectivity index (χ0n) is 24.9. The normalized spacial score (nSPS) is 20.8. The summed E-state index contributed by atoms with van der Waals surface area (Å²) >= 11 is 0. The van der Waals surface area contributed by atoms with Crippen molar-refractivity contribution in [1.82, 2.24) is 0 Å². The number of hydrogen-bond acceptors (Lipinski definition) is 4. The van der Waals surface area contributed by atoms with Gasteiger partial charge in [0.1, 0.15) is 6.10 Å². The van der Waals surface area contributed by atoms with Crippen LogP contribution in [0.3, 0.4) is 0 Å². The zero-order valence-corrected chi connectivity index (χ0v) is 24.9. The first-order valence-electron chi connectivity index (χ1n) is 15.2. The highest BCUT2D eigenvalue weighted by Crippen LogP contribution is 2.41. The fourth-order valence-electron chi connectivity index (χ4n) is 6.29. The monoisotopic (exact) mass is 632 g/mol. The summed E-state index contributed by atoms with van der Waals surface area (Å²) in [5, 5.41) is 9.61. The molecule has 0 spiro atoms. The Labute approximate surface area is 257 Å². The highest BCUT2D eigenvalue weighted by Gasteiger charge is 2.33. The number of aliphatic hydroxyl groups is 1. The molecular weight excluding hydrogens is 598 g/mol. The molecule has 45 heavy (non-hydrogen) atoms. The van der Waals surface area contributed by atoms with Crippen LogP contribution < -0.4 is 4.74 Å². The fourth-order valence-corrected chi connectivity index (χ4v) is 6.29. The molecule has 3 aromatic rings. The van der Waals surface area contributed by atoms with Crippen LogP contribution in [-0.4, -0.2) is 23.8 Å². The van der Waals surface area contributed by atoms with Gasteiger partial charge in [0.2, 0.25) is 5.82 Å². The second-order valence-electron chi connectivity index (χ2n) is 11.6. The minimum absolute atomic E-state index is 0.111. The van der Waals surface area contributed by atoms with Gasteiger partial charge in [-0.2, -0.15) is 4.39 Å². The predicted octanol–water partition coefficient (Wildman–Crippen LogP) is 9.09. The molecule has 2 unspecified atom stereocenters. The first-order valence-corrected chi connectivity index (χ1v) is 15.2. The molecule has 0 amide bonds. The number of esters is 1. The van der Waals surface area contributed by atoms with Crippen molar-refractivity contribution in [3.8, 4) is 16.9 Å². The van der Waals surface area contributed by atoms with Crippen LogP contribution in [0.5, 0.6) is 5.75 Å². The van der Waals surface area contributed by atoms with Gasteiger partial charge in [-0.1, -0.05) is 30.3 Å². The first kappa shape index (κ1) is 32.6. The molecule has 5 rings (SSSR count). The van der Waals surface area contributed by atoms with E-state index in [0.717, 1.165) is 6.07 Å². The molecule has 2 aliphatic carbocycles. The van der Waals surface area contributed by atoms with Gasteiger partial charge in [0.25, 0.3) is 0 Å². The van der Waals surface area contributed by atoms with Crippen LogP contribution >= 0.6 is 0 Å². The summed E-state index contributed by atoms with van der Waals surface area (Å²) in [6, 6.07) is 7.73.